The molecule has 1 atom stereocenters. The van der Waals surface area contributed by atoms with Gasteiger partial charge < -0.3 is 19.1 Å². The zero-order valence-electron chi connectivity index (χ0n) is 21.7. The molecule has 0 bridgehead atoms. The number of aromatic nitrogens is 2. The van der Waals surface area contributed by atoms with Crippen LogP contribution in [0.2, 0.25) is 0 Å². The molecule has 0 saturated heterocycles. The van der Waals surface area contributed by atoms with Crippen molar-refractivity contribution in [3.63, 3.8) is 0 Å². The Balaban J connectivity index is 1.52. The van der Waals surface area contributed by atoms with E-state index in [1.165, 1.54) is 0 Å². The van der Waals surface area contributed by atoms with Crippen molar-refractivity contribution < 1.29 is 23.9 Å². The molecule has 0 saturated carbocycles. The Kier molecular flexibility index (Phi) is 9.46. The molecule has 0 aliphatic heterocycles. The number of carboxylic acids is 1. The van der Waals surface area contributed by atoms with Crippen LogP contribution in [0.4, 0.5) is 0 Å². The summed E-state index contributed by atoms with van der Waals surface area (Å²) in [4.78, 5) is 11.5. The van der Waals surface area contributed by atoms with Crippen LogP contribution in [0.3, 0.4) is 0 Å². The molecule has 39 heavy (non-hydrogen) atoms. The van der Waals surface area contributed by atoms with Crippen LogP contribution in [0.1, 0.15) is 22.3 Å². The predicted octanol–water partition coefficient (Wildman–Crippen LogP) is 4.95. The van der Waals surface area contributed by atoms with Gasteiger partial charge in [-0.1, -0.05) is 24.0 Å². The molecular formula is C31H28N2O5S. The monoisotopic (exact) mass is 540 g/mol. The van der Waals surface area contributed by atoms with Gasteiger partial charge in [-0.25, -0.2) is 4.79 Å². The lowest BCUT2D eigenvalue weighted by Gasteiger charge is -2.12. The maximum atomic E-state index is 11.9. The van der Waals surface area contributed by atoms with Gasteiger partial charge in [0.2, 0.25) is 0 Å². The topological polar surface area (TPSA) is 96.6 Å². The average molecular weight is 541 g/mol. The minimum absolute atomic E-state index is 0.303. The molecule has 0 aliphatic carbocycles. The van der Waals surface area contributed by atoms with E-state index in [2.05, 4.69) is 16.9 Å². The molecule has 0 radical (unpaired) electrons. The van der Waals surface area contributed by atoms with E-state index >= 15 is 0 Å². The van der Waals surface area contributed by atoms with Crippen LogP contribution in [-0.4, -0.2) is 44.9 Å². The number of ether oxygens (including phenoxy) is 2. The molecule has 198 valence electrons. The molecule has 3 aromatic carbocycles. The fraction of sp³-hybridized carbons (Fsp3) is 0.161. The fourth-order valence-corrected chi connectivity index (χ4v) is 4.33. The highest BCUT2D eigenvalue weighted by Gasteiger charge is 2.10. The number of hydrogen-bond acceptors (Lipinski definition) is 5. The Bertz CT molecular complexity index is 1480. The number of rotatable bonds is 10. The van der Waals surface area contributed by atoms with E-state index in [-0.39, 0.29) is 0 Å². The van der Waals surface area contributed by atoms with Crippen molar-refractivity contribution in [3.8, 4) is 23.3 Å². The lowest BCUT2D eigenvalue weighted by atomic mass is 9.97. The van der Waals surface area contributed by atoms with Gasteiger partial charge in [0.05, 0.1) is 0 Å². The molecule has 0 amide bonds. The number of benzene rings is 3. The third-order valence-corrected chi connectivity index (χ3v) is 6.70. The first-order chi connectivity index (χ1) is 18.9. The van der Waals surface area contributed by atoms with Gasteiger partial charge in [0.25, 0.3) is 0 Å². The number of carboxylic acid groups (broad SMARTS) is 1. The SMILES string of the molecule is Cc1cc(OCC=C(c2ccc(C#CCn3cccn3)cc2)c2ccc([S+](C)[O-])cc2)ccc1OCC(=O)O. The van der Waals surface area contributed by atoms with E-state index in [4.69, 9.17) is 14.6 Å². The van der Waals surface area contributed by atoms with Crippen LogP contribution in [0.25, 0.3) is 5.57 Å². The number of nitrogens with zero attached hydrogens (tertiary/aromatic N) is 2. The van der Waals surface area contributed by atoms with Crippen LogP contribution in [-0.2, 0) is 22.5 Å². The first-order valence-electron chi connectivity index (χ1n) is 12.2. The normalized spacial score (nSPS) is 11.8. The summed E-state index contributed by atoms with van der Waals surface area (Å²) in [5, 5.41) is 13.0. The molecule has 0 aliphatic rings. The summed E-state index contributed by atoms with van der Waals surface area (Å²) in [7, 11) is 0. The maximum absolute atomic E-state index is 11.9. The van der Waals surface area contributed by atoms with Crippen LogP contribution < -0.4 is 9.47 Å². The predicted molar refractivity (Wildman–Crippen MR) is 151 cm³/mol. The van der Waals surface area contributed by atoms with Gasteiger partial charge in [0.15, 0.2) is 11.5 Å². The van der Waals surface area contributed by atoms with Crippen LogP contribution in [0.15, 0.2) is 96.2 Å². The first kappa shape index (κ1) is 27.6. The Morgan fingerprint density at radius 2 is 1.79 bits per heavy atom. The molecule has 0 fully saturated rings. The van der Waals surface area contributed by atoms with E-state index in [1.54, 1.807) is 29.3 Å². The fourth-order valence-electron chi connectivity index (χ4n) is 3.81. The molecule has 8 heteroatoms. The van der Waals surface area contributed by atoms with Gasteiger partial charge in [0, 0.05) is 18.0 Å². The van der Waals surface area contributed by atoms with Gasteiger partial charge in [-0.15, -0.1) is 0 Å². The summed E-state index contributed by atoms with van der Waals surface area (Å²) in [6.07, 6.45) is 7.26. The van der Waals surface area contributed by atoms with E-state index in [1.807, 2.05) is 79.9 Å². The number of hydrogen-bond donors (Lipinski definition) is 1. The minimum atomic E-state index is -1.06. The molecule has 1 N–H and O–H groups in total. The molecule has 4 aromatic rings. The highest BCUT2D eigenvalue weighted by Crippen LogP contribution is 2.27. The highest BCUT2D eigenvalue weighted by molar-refractivity contribution is 7.90. The van der Waals surface area contributed by atoms with E-state index in [0.29, 0.717) is 24.7 Å². The highest BCUT2D eigenvalue weighted by atomic mass is 32.2. The van der Waals surface area contributed by atoms with Crippen LogP contribution in [0, 0.1) is 18.8 Å². The largest absolute Gasteiger partial charge is 0.612 e. The summed E-state index contributed by atoms with van der Waals surface area (Å²) in [5.74, 6) is 6.41. The van der Waals surface area contributed by atoms with Crippen molar-refractivity contribution in [2.24, 2.45) is 0 Å². The second kappa shape index (κ2) is 13.4. The summed E-state index contributed by atoms with van der Waals surface area (Å²) in [5.41, 5.74) is 4.62. The lowest BCUT2D eigenvalue weighted by Crippen LogP contribution is -2.10. The first-order valence-corrected chi connectivity index (χ1v) is 13.7. The average Bonchev–Trinajstić information content (AvgIpc) is 3.45. The van der Waals surface area contributed by atoms with Gasteiger partial charge in [0.1, 0.15) is 30.9 Å². The van der Waals surface area contributed by atoms with E-state index < -0.39 is 23.8 Å². The van der Waals surface area contributed by atoms with Crippen LogP contribution in [0.5, 0.6) is 11.5 Å². The summed E-state index contributed by atoms with van der Waals surface area (Å²) < 4.78 is 24.9. The van der Waals surface area contributed by atoms with E-state index in [9.17, 15) is 9.35 Å². The third kappa shape index (κ3) is 8.01. The quantitative estimate of drug-likeness (QED) is 0.226. The van der Waals surface area contributed by atoms with Crippen LogP contribution >= 0.6 is 0 Å². The smallest absolute Gasteiger partial charge is 0.341 e. The summed E-state index contributed by atoms with van der Waals surface area (Å²) in [6, 6.07) is 22.8. The van der Waals surface area contributed by atoms with Gasteiger partial charge >= 0.3 is 5.97 Å². The zero-order valence-corrected chi connectivity index (χ0v) is 22.5. The number of carbonyl (C=O) groups is 1. The number of aryl methyl sites for hydroxylation is 1. The van der Waals surface area contributed by atoms with Crippen molar-refractivity contribution in [2.75, 3.05) is 19.5 Å². The van der Waals surface area contributed by atoms with Crippen molar-refractivity contribution in [1.29, 1.82) is 0 Å². The number of aliphatic carboxylic acids is 1. The standard InChI is InChI=1S/C31H28N2O5S/c1-23-21-27(12-15-30(23)38-22-31(34)35)37-20-16-29(26-10-13-28(14-11-26)39(2)36)25-8-6-24(7-9-25)5-3-18-33-19-4-17-32-33/h4,6-17,19,21H,18,20,22H2,1-2H3,(H,34,35). The molecule has 7 nitrogen and oxygen atoms in total. The Hall–Kier alpha value is -4.45. The molecule has 1 heterocycles. The molecule has 1 aromatic heterocycles. The summed E-state index contributed by atoms with van der Waals surface area (Å²) >= 11 is -1.06. The minimum Gasteiger partial charge on any atom is -0.612 e. The van der Waals surface area contributed by atoms with Gasteiger partial charge in [-0.3, -0.25) is 4.68 Å². The van der Waals surface area contributed by atoms with Gasteiger partial charge in [-0.05, 0) is 107 Å². The Morgan fingerprint density at radius 3 is 2.41 bits per heavy atom. The van der Waals surface area contributed by atoms with Gasteiger partial charge in [-0.2, -0.15) is 5.10 Å². The molecule has 0 spiro atoms. The van der Waals surface area contributed by atoms with Crippen molar-refractivity contribution in [2.45, 2.75) is 18.4 Å². The summed E-state index contributed by atoms with van der Waals surface area (Å²) in [6.45, 7) is 2.27. The lowest BCUT2D eigenvalue weighted by molar-refractivity contribution is -0.139. The zero-order chi connectivity index (χ0) is 27.6. The molecular weight excluding hydrogens is 512 g/mol. The Labute approximate surface area is 230 Å². The molecule has 4 rings (SSSR count). The maximum Gasteiger partial charge on any atom is 0.341 e. The van der Waals surface area contributed by atoms with Crippen molar-refractivity contribution in [1.82, 2.24) is 9.78 Å². The Morgan fingerprint density at radius 1 is 1.08 bits per heavy atom. The molecule has 1 unspecified atom stereocenters. The third-order valence-electron chi connectivity index (χ3n) is 5.76. The van der Waals surface area contributed by atoms with Crippen molar-refractivity contribution in [3.05, 3.63) is 114 Å². The van der Waals surface area contributed by atoms with Crippen molar-refractivity contribution >= 4 is 22.7 Å². The second-order valence-corrected chi connectivity index (χ2v) is 9.98. The van der Waals surface area contributed by atoms with E-state index in [0.717, 1.165) is 32.7 Å². The second-order valence-electron chi connectivity index (χ2n) is 8.60.